The normalized spacial score (nSPS) is 23.7. The molecule has 0 spiro atoms. The maximum absolute atomic E-state index is 5.89. The van der Waals surface area contributed by atoms with E-state index in [0.717, 1.165) is 0 Å². The van der Waals surface area contributed by atoms with E-state index in [0.29, 0.717) is 17.0 Å². The first-order chi connectivity index (χ1) is 8.59. The lowest BCUT2D eigenvalue weighted by Crippen LogP contribution is -2.42. The van der Waals surface area contributed by atoms with E-state index in [1.807, 2.05) is 0 Å². The van der Waals surface area contributed by atoms with Crippen LogP contribution in [0.5, 0.6) is 5.75 Å². The molecular weight excluding hydrogens is 379 g/mol. The second kappa shape index (κ2) is 5.38. The Morgan fingerprint density at radius 2 is 1.63 bits per heavy atom. The highest BCUT2D eigenvalue weighted by molar-refractivity contribution is 6.68. The fourth-order valence-corrected chi connectivity index (χ4v) is 2.41. The third-order valence-corrected chi connectivity index (χ3v) is 3.50. The predicted octanol–water partition coefficient (Wildman–Crippen LogP) is 4.79. The van der Waals surface area contributed by atoms with Crippen LogP contribution < -0.4 is 10.5 Å². The summed E-state index contributed by atoms with van der Waals surface area (Å²) >= 11 is 34.9. The van der Waals surface area contributed by atoms with E-state index in [4.69, 9.17) is 84.8 Å². The van der Waals surface area contributed by atoms with Gasteiger partial charge in [-0.15, -0.1) is 0 Å². The molecule has 9 heteroatoms. The molecule has 0 aliphatic carbocycles. The van der Waals surface area contributed by atoms with Crippen molar-refractivity contribution in [2.75, 3.05) is 5.73 Å². The first kappa shape index (κ1) is 15.9. The highest BCUT2D eigenvalue weighted by Gasteiger charge is 2.48. The van der Waals surface area contributed by atoms with E-state index < -0.39 is 20.0 Å². The van der Waals surface area contributed by atoms with E-state index in [-0.39, 0.29) is 0 Å². The number of nitrogen functional groups attached to an aromatic ring is 1. The van der Waals surface area contributed by atoms with E-state index in [1.54, 1.807) is 18.2 Å². The smallest absolute Gasteiger partial charge is 0.252 e. The van der Waals surface area contributed by atoms with Crippen LogP contribution in [0, 0.1) is 0 Å². The first-order valence-corrected chi connectivity index (χ1v) is 7.21. The van der Waals surface area contributed by atoms with Crippen molar-refractivity contribution in [2.24, 2.45) is 0 Å². The van der Waals surface area contributed by atoms with E-state index in [9.17, 15) is 0 Å². The molecule has 2 rings (SSSR count). The molecule has 1 aromatic rings. The van der Waals surface area contributed by atoms with Gasteiger partial charge in [0.25, 0.3) is 3.79 Å². The van der Waals surface area contributed by atoms with Crippen LogP contribution in [0.2, 0.25) is 0 Å². The predicted molar refractivity (Wildman–Crippen MR) is 79.7 cm³/mol. The van der Waals surface area contributed by atoms with Crippen LogP contribution in [0.3, 0.4) is 0 Å². The number of anilines is 1. The van der Waals surface area contributed by atoms with Crippen molar-refractivity contribution in [1.29, 1.82) is 0 Å². The van der Waals surface area contributed by atoms with Gasteiger partial charge in [0.2, 0.25) is 10.1 Å². The standard InChI is InChI=1S/C10H7Cl6NO2/c11-9(12,13)7-5-3-4(17)1-2-6(5)18-8(19-7)10(14,15)16/h1-3,7-8H,17H2/t7-,8+/m0/s1. The number of halogens is 6. The summed E-state index contributed by atoms with van der Waals surface area (Å²) in [4.78, 5) is 0. The zero-order valence-corrected chi connectivity index (χ0v) is 13.6. The molecule has 0 bridgehead atoms. The molecule has 2 N–H and O–H groups in total. The summed E-state index contributed by atoms with van der Waals surface area (Å²) in [6.45, 7) is 0. The molecular formula is C10H7Cl6NO2. The van der Waals surface area contributed by atoms with Gasteiger partial charge in [0.15, 0.2) is 0 Å². The van der Waals surface area contributed by atoms with Gasteiger partial charge in [-0.05, 0) is 18.2 Å². The van der Waals surface area contributed by atoms with Crippen molar-refractivity contribution in [3.63, 3.8) is 0 Å². The summed E-state index contributed by atoms with van der Waals surface area (Å²) in [6, 6.07) is 4.80. The lowest BCUT2D eigenvalue weighted by atomic mass is 10.1. The lowest BCUT2D eigenvalue weighted by Gasteiger charge is -2.38. The molecule has 0 saturated carbocycles. The van der Waals surface area contributed by atoms with Gasteiger partial charge in [-0.2, -0.15) is 0 Å². The Balaban J connectivity index is 2.47. The van der Waals surface area contributed by atoms with Gasteiger partial charge in [-0.1, -0.05) is 69.6 Å². The van der Waals surface area contributed by atoms with Crippen molar-refractivity contribution in [3.05, 3.63) is 23.8 Å². The number of fused-ring (bicyclic) bond motifs is 1. The van der Waals surface area contributed by atoms with Crippen LogP contribution in [0.1, 0.15) is 11.7 Å². The maximum atomic E-state index is 5.89. The van der Waals surface area contributed by atoms with Crippen molar-refractivity contribution in [2.45, 2.75) is 20.0 Å². The Morgan fingerprint density at radius 1 is 1.00 bits per heavy atom. The Labute approximate surface area is 139 Å². The number of hydrogen-bond donors (Lipinski definition) is 1. The fraction of sp³-hybridized carbons (Fsp3) is 0.400. The van der Waals surface area contributed by atoms with E-state index in [2.05, 4.69) is 0 Å². The SMILES string of the molecule is Nc1ccc2c(c1)[C@@H](C(Cl)(Cl)Cl)O[C@H](C(Cl)(Cl)Cl)O2. The number of ether oxygens (including phenoxy) is 2. The number of alkyl halides is 6. The molecule has 0 unspecified atom stereocenters. The van der Waals surface area contributed by atoms with Crippen LogP contribution in [0.15, 0.2) is 18.2 Å². The number of rotatable bonds is 0. The Morgan fingerprint density at radius 3 is 2.16 bits per heavy atom. The largest absolute Gasteiger partial charge is 0.460 e. The monoisotopic (exact) mass is 383 g/mol. The molecule has 2 atom stereocenters. The number of benzene rings is 1. The zero-order valence-electron chi connectivity index (χ0n) is 9.05. The Bertz CT molecular complexity index is 484. The Hall–Kier alpha value is 0.520. The topological polar surface area (TPSA) is 44.5 Å². The summed E-state index contributed by atoms with van der Waals surface area (Å²) in [5.41, 5.74) is 6.64. The van der Waals surface area contributed by atoms with Crippen LogP contribution >= 0.6 is 69.6 Å². The van der Waals surface area contributed by atoms with Gasteiger partial charge in [0.1, 0.15) is 11.9 Å². The summed E-state index contributed by atoms with van der Waals surface area (Å²) in [7, 11) is 0. The molecule has 3 nitrogen and oxygen atoms in total. The maximum Gasteiger partial charge on any atom is 0.252 e. The molecule has 1 aromatic carbocycles. The molecule has 0 fully saturated rings. The molecule has 1 aliphatic rings. The third kappa shape index (κ3) is 3.59. The molecule has 1 heterocycles. The quantitative estimate of drug-likeness (QED) is 0.516. The van der Waals surface area contributed by atoms with Gasteiger partial charge in [-0.25, -0.2) is 0 Å². The molecule has 0 radical (unpaired) electrons. The van der Waals surface area contributed by atoms with Crippen LogP contribution in [-0.2, 0) is 4.74 Å². The van der Waals surface area contributed by atoms with Crippen LogP contribution in [0.4, 0.5) is 5.69 Å². The molecule has 0 amide bonds. The molecule has 0 saturated heterocycles. The zero-order chi connectivity index (χ0) is 14.4. The third-order valence-electron chi connectivity index (χ3n) is 2.37. The highest BCUT2D eigenvalue weighted by atomic mass is 35.6. The van der Waals surface area contributed by atoms with Gasteiger partial charge >= 0.3 is 0 Å². The lowest BCUT2D eigenvalue weighted by molar-refractivity contribution is -0.136. The minimum atomic E-state index is -1.83. The summed E-state index contributed by atoms with van der Waals surface area (Å²) < 4.78 is 7.26. The van der Waals surface area contributed by atoms with Crippen molar-refractivity contribution in [1.82, 2.24) is 0 Å². The molecule has 1 aliphatic heterocycles. The van der Waals surface area contributed by atoms with Gasteiger partial charge in [-0.3, -0.25) is 0 Å². The first-order valence-electron chi connectivity index (χ1n) is 4.94. The molecule has 19 heavy (non-hydrogen) atoms. The van der Waals surface area contributed by atoms with E-state index in [1.165, 1.54) is 0 Å². The van der Waals surface area contributed by atoms with Gasteiger partial charge in [0.05, 0.1) is 0 Å². The van der Waals surface area contributed by atoms with Crippen LogP contribution in [-0.4, -0.2) is 13.9 Å². The second-order valence-electron chi connectivity index (χ2n) is 3.85. The summed E-state index contributed by atoms with van der Waals surface area (Å²) in [5.74, 6) is 0.383. The summed E-state index contributed by atoms with van der Waals surface area (Å²) in [5, 5.41) is 0. The van der Waals surface area contributed by atoms with E-state index >= 15 is 0 Å². The Kier molecular flexibility index (Phi) is 4.50. The van der Waals surface area contributed by atoms with Gasteiger partial charge in [0, 0.05) is 11.3 Å². The highest BCUT2D eigenvalue weighted by Crippen LogP contribution is 2.51. The minimum Gasteiger partial charge on any atom is -0.460 e. The van der Waals surface area contributed by atoms with Crippen molar-refractivity contribution < 1.29 is 9.47 Å². The number of hydrogen-bond acceptors (Lipinski definition) is 3. The van der Waals surface area contributed by atoms with Crippen molar-refractivity contribution in [3.8, 4) is 5.75 Å². The minimum absolute atomic E-state index is 0.383. The van der Waals surface area contributed by atoms with Gasteiger partial charge < -0.3 is 15.2 Å². The average Bonchev–Trinajstić information content (AvgIpc) is 2.24. The summed E-state index contributed by atoms with van der Waals surface area (Å²) in [6.07, 6.45) is -2.17. The number of nitrogens with two attached hydrogens (primary N) is 1. The fourth-order valence-electron chi connectivity index (χ4n) is 1.62. The average molecular weight is 386 g/mol. The van der Waals surface area contributed by atoms with Crippen LogP contribution in [0.25, 0.3) is 0 Å². The second-order valence-corrected chi connectivity index (χ2v) is 8.58. The molecule has 0 aromatic heterocycles. The molecule has 106 valence electrons. The van der Waals surface area contributed by atoms with Crippen molar-refractivity contribution >= 4 is 75.3 Å².